The summed E-state index contributed by atoms with van der Waals surface area (Å²) in [6, 6.07) is 2.97. The van der Waals surface area contributed by atoms with Crippen molar-refractivity contribution >= 4 is 15.9 Å². The van der Waals surface area contributed by atoms with Crippen molar-refractivity contribution in [3.8, 4) is 0 Å². The van der Waals surface area contributed by atoms with E-state index < -0.39 is 12.5 Å². The Morgan fingerprint density at radius 3 is 2.77 bits per heavy atom. The Bertz CT molecular complexity index is 283. The molecule has 0 bridgehead atoms. The number of pyridine rings is 1. The van der Waals surface area contributed by atoms with Crippen molar-refractivity contribution < 1.29 is 13.9 Å². The summed E-state index contributed by atoms with van der Waals surface area (Å²) in [6.07, 6.45) is -2.30. The molecule has 13 heavy (non-hydrogen) atoms. The van der Waals surface area contributed by atoms with Crippen molar-refractivity contribution in [1.29, 1.82) is 0 Å². The molecule has 0 aliphatic heterocycles. The van der Waals surface area contributed by atoms with Gasteiger partial charge in [0.1, 0.15) is 5.69 Å². The minimum absolute atomic E-state index is 0.175. The maximum atomic E-state index is 12.3. The molecule has 1 unspecified atom stereocenters. The molecule has 5 heteroatoms. The van der Waals surface area contributed by atoms with E-state index in [1.807, 2.05) is 0 Å². The number of hydrogen-bond donors (Lipinski definition) is 1. The summed E-state index contributed by atoms with van der Waals surface area (Å²) >= 11 is 3.01. The second-order valence-electron chi connectivity index (χ2n) is 2.45. The second-order valence-corrected chi connectivity index (χ2v) is 3.10. The lowest BCUT2D eigenvalue weighted by atomic mass is 10.1. The highest BCUT2D eigenvalue weighted by molar-refractivity contribution is 9.09. The molecular weight excluding hydrogens is 244 g/mol. The number of hydrogen-bond acceptors (Lipinski definition) is 2. The Morgan fingerprint density at radius 1 is 1.54 bits per heavy atom. The highest BCUT2D eigenvalue weighted by Crippen LogP contribution is 2.25. The fourth-order valence-corrected chi connectivity index (χ4v) is 1.33. The molecule has 0 saturated heterocycles. The summed E-state index contributed by atoms with van der Waals surface area (Å²) in [5.74, 6) is 0. The number of halogens is 3. The molecule has 0 fully saturated rings. The summed E-state index contributed by atoms with van der Waals surface area (Å²) in [5.41, 5.74) is -0.177. The first-order chi connectivity index (χ1) is 6.16. The third-order valence-electron chi connectivity index (χ3n) is 1.58. The van der Waals surface area contributed by atoms with Crippen molar-refractivity contribution in [1.82, 2.24) is 4.98 Å². The highest BCUT2D eigenvalue weighted by Gasteiger charge is 2.18. The van der Waals surface area contributed by atoms with Crippen molar-refractivity contribution in [2.45, 2.75) is 12.5 Å². The molecule has 72 valence electrons. The van der Waals surface area contributed by atoms with Crippen LogP contribution in [-0.2, 0) is 0 Å². The molecule has 1 rings (SSSR count). The van der Waals surface area contributed by atoms with Gasteiger partial charge >= 0.3 is 0 Å². The molecule has 0 aliphatic rings. The third kappa shape index (κ3) is 2.45. The maximum Gasteiger partial charge on any atom is 0.280 e. The molecule has 0 radical (unpaired) electrons. The van der Waals surface area contributed by atoms with Gasteiger partial charge in [0.05, 0.1) is 6.10 Å². The Kier molecular flexibility index (Phi) is 3.74. The zero-order valence-electron chi connectivity index (χ0n) is 6.62. The molecule has 1 aromatic rings. The van der Waals surface area contributed by atoms with E-state index in [-0.39, 0.29) is 16.6 Å². The van der Waals surface area contributed by atoms with Crippen molar-refractivity contribution in [3.63, 3.8) is 0 Å². The minimum Gasteiger partial charge on any atom is -0.387 e. The van der Waals surface area contributed by atoms with Crippen LogP contribution < -0.4 is 0 Å². The summed E-state index contributed by atoms with van der Waals surface area (Å²) < 4.78 is 24.7. The summed E-state index contributed by atoms with van der Waals surface area (Å²) in [7, 11) is 0. The van der Waals surface area contributed by atoms with Gasteiger partial charge in [-0.25, -0.2) is 8.78 Å². The van der Waals surface area contributed by atoms with Crippen molar-refractivity contribution in [2.75, 3.05) is 5.33 Å². The van der Waals surface area contributed by atoms with E-state index >= 15 is 0 Å². The molecular formula is C8H8BrF2NO. The Balaban J connectivity index is 3.04. The number of rotatable bonds is 3. The smallest absolute Gasteiger partial charge is 0.280 e. The topological polar surface area (TPSA) is 33.1 Å². The van der Waals surface area contributed by atoms with E-state index in [9.17, 15) is 13.9 Å². The Hall–Kier alpha value is -0.550. The Labute approximate surface area is 82.7 Å². The second kappa shape index (κ2) is 4.62. The number of aromatic nitrogens is 1. The monoisotopic (exact) mass is 251 g/mol. The fraction of sp³-hybridized carbons (Fsp3) is 0.375. The van der Waals surface area contributed by atoms with Gasteiger partial charge in [0.25, 0.3) is 6.43 Å². The maximum absolute atomic E-state index is 12.3. The van der Waals surface area contributed by atoms with Gasteiger partial charge in [0, 0.05) is 17.1 Å². The predicted octanol–water partition coefficient (Wildman–Crippen LogP) is 2.45. The molecule has 0 saturated carbocycles. The van der Waals surface area contributed by atoms with Crippen molar-refractivity contribution in [2.24, 2.45) is 0 Å². The van der Waals surface area contributed by atoms with Gasteiger partial charge in [-0.3, -0.25) is 4.98 Å². The molecule has 0 aliphatic carbocycles. The first kappa shape index (κ1) is 10.5. The summed E-state index contributed by atoms with van der Waals surface area (Å²) in [5, 5.41) is 9.56. The van der Waals surface area contributed by atoms with Gasteiger partial charge in [0.15, 0.2) is 0 Å². The van der Waals surface area contributed by atoms with Crippen LogP contribution in [0.3, 0.4) is 0 Å². The molecule has 0 spiro atoms. The summed E-state index contributed by atoms with van der Waals surface area (Å²) in [6.45, 7) is 0. The van der Waals surface area contributed by atoms with Crippen LogP contribution in [0, 0.1) is 0 Å². The zero-order chi connectivity index (χ0) is 9.84. The SMILES string of the molecule is OC(CBr)c1cccnc1C(F)F. The van der Waals surface area contributed by atoms with E-state index in [0.29, 0.717) is 0 Å². The molecule has 2 nitrogen and oxygen atoms in total. The van der Waals surface area contributed by atoms with Crippen LogP contribution >= 0.6 is 15.9 Å². The lowest BCUT2D eigenvalue weighted by Crippen LogP contribution is -2.05. The third-order valence-corrected chi connectivity index (χ3v) is 2.20. The quantitative estimate of drug-likeness (QED) is 0.838. The normalized spacial score (nSPS) is 13.3. The van der Waals surface area contributed by atoms with Gasteiger partial charge in [-0.05, 0) is 6.07 Å². The molecule has 1 atom stereocenters. The minimum atomic E-state index is -2.65. The highest BCUT2D eigenvalue weighted by atomic mass is 79.9. The van der Waals surface area contributed by atoms with Crippen LogP contribution in [0.4, 0.5) is 8.78 Å². The van der Waals surface area contributed by atoms with E-state index in [1.54, 1.807) is 0 Å². The summed E-state index contributed by atoms with van der Waals surface area (Å²) in [4.78, 5) is 3.52. The van der Waals surface area contributed by atoms with E-state index in [1.165, 1.54) is 18.3 Å². The lowest BCUT2D eigenvalue weighted by molar-refractivity contribution is 0.136. The van der Waals surface area contributed by atoms with Crippen LogP contribution in [0.5, 0.6) is 0 Å². The molecule has 1 aromatic heterocycles. The van der Waals surface area contributed by atoms with Gasteiger partial charge < -0.3 is 5.11 Å². The Morgan fingerprint density at radius 2 is 2.23 bits per heavy atom. The molecule has 0 aromatic carbocycles. The van der Waals surface area contributed by atoms with Crippen LogP contribution in [-0.4, -0.2) is 15.4 Å². The first-order valence-corrected chi connectivity index (χ1v) is 4.76. The number of nitrogens with zero attached hydrogens (tertiary/aromatic N) is 1. The van der Waals surface area contributed by atoms with Gasteiger partial charge in [-0.1, -0.05) is 22.0 Å². The van der Waals surface area contributed by atoms with Crippen LogP contribution in [0.1, 0.15) is 23.8 Å². The molecule has 1 heterocycles. The largest absolute Gasteiger partial charge is 0.387 e. The molecule has 1 N–H and O–H groups in total. The standard InChI is InChI=1S/C8H8BrF2NO/c9-4-6(13)5-2-1-3-12-7(5)8(10)11/h1-3,6,8,13H,4H2. The van der Waals surface area contributed by atoms with Crippen LogP contribution in [0.2, 0.25) is 0 Å². The lowest BCUT2D eigenvalue weighted by Gasteiger charge is -2.11. The van der Waals surface area contributed by atoms with Gasteiger partial charge in [-0.2, -0.15) is 0 Å². The van der Waals surface area contributed by atoms with E-state index in [4.69, 9.17) is 0 Å². The molecule has 0 amide bonds. The number of alkyl halides is 3. The van der Waals surface area contributed by atoms with Gasteiger partial charge in [0.2, 0.25) is 0 Å². The number of aliphatic hydroxyl groups is 1. The average Bonchev–Trinajstić information content (AvgIpc) is 2.16. The van der Waals surface area contributed by atoms with Gasteiger partial charge in [-0.15, -0.1) is 0 Å². The van der Waals surface area contributed by atoms with E-state index in [0.717, 1.165) is 0 Å². The first-order valence-electron chi connectivity index (χ1n) is 3.63. The number of aliphatic hydroxyl groups excluding tert-OH is 1. The van der Waals surface area contributed by atoms with Crippen LogP contribution in [0.25, 0.3) is 0 Å². The zero-order valence-corrected chi connectivity index (χ0v) is 8.21. The fourth-order valence-electron chi connectivity index (χ4n) is 0.977. The predicted molar refractivity (Wildman–Crippen MR) is 47.9 cm³/mol. The average molecular weight is 252 g/mol. The van der Waals surface area contributed by atoms with Crippen molar-refractivity contribution in [3.05, 3.63) is 29.6 Å². The van der Waals surface area contributed by atoms with E-state index in [2.05, 4.69) is 20.9 Å². The van der Waals surface area contributed by atoms with Crippen LogP contribution in [0.15, 0.2) is 18.3 Å².